The van der Waals surface area contributed by atoms with Crippen molar-refractivity contribution in [2.75, 3.05) is 17.7 Å². The van der Waals surface area contributed by atoms with Crippen molar-refractivity contribution in [2.24, 2.45) is 0 Å². The second kappa shape index (κ2) is 6.60. The fourth-order valence-corrected chi connectivity index (χ4v) is 4.47. The third-order valence-electron chi connectivity index (χ3n) is 5.45. The molecule has 1 aliphatic rings. The maximum Gasteiger partial charge on any atom is 0.175 e. The highest BCUT2D eigenvalue weighted by atomic mass is 32.2. The number of hydrogen-bond donors (Lipinski definition) is 0. The number of benzene rings is 2. The minimum absolute atomic E-state index is 0.240. The van der Waals surface area contributed by atoms with E-state index in [1.54, 1.807) is 24.5 Å². The summed E-state index contributed by atoms with van der Waals surface area (Å²) in [4.78, 5) is 11.5. The van der Waals surface area contributed by atoms with E-state index in [1.165, 1.54) is 22.9 Å². The molecular weight excluding hydrogens is 358 g/mol. The highest BCUT2D eigenvalue weighted by Crippen LogP contribution is 2.38. The van der Waals surface area contributed by atoms with Crippen LogP contribution in [-0.2, 0) is 9.84 Å². The zero-order chi connectivity index (χ0) is 19.2. The van der Waals surface area contributed by atoms with Crippen molar-refractivity contribution in [1.82, 2.24) is 9.97 Å². The quantitative estimate of drug-likeness (QED) is 0.686. The molecule has 0 amide bonds. The number of aromatic nitrogens is 2. The average molecular weight is 382 g/mol. The van der Waals surface area contributed by atoms with Crippen LogP contribution in [0.2, 0.25) is 0 Å². The molecule has 140 valence electrons. The first kappa shape index (κ1) is 17.9. The van der Waals surface area contributed by atoms with E-state index < -0.39 is 9.84 Å². The molecule has 0 spiro atoms. The lowest BCUT2D eigenvalue weighted by Crippen LogP contribution is -2.24. The highest BCUT2D eigenvalue weighted by molar-refractivity contribution is 7.90. The first-order chi connectivity index (χ1) is 12.8. The van der Waals surface area contributed by atoms with Gasteiger partial charge in [-0.05, 0) is 61.6 Å². The molecule has 0 radical (unpaired) electrons. The summed E-state index contributed by atoms with van der Waals surface area (Å²) in [5.41, 5.74) is 4.61. The summed E-state index contributed by atoms with van der Waals surface area (Å²) >= 11 is 0. The number of nitrogens with zero attached hydrogens (tertiary/aromatic N) is 3. The molecule has 1 saturated heterocycles. The Hall–Kier alpha value is -2.47. The molecule has 0 N–H and O–H groups in total. The fourth-order valence-electron chi connectivity index (χ4n) is 3.82. The molecule has 4 rings (SSSR count). The van der Waals surface area contributed by atoms with Gasteiger partial charge in [0.2, 0.25) is 0 Å². The van der Waals surface area contributed by atoms with Crippen LogP contribution in [0.4, 0.5) is 5.82 Å². The zero-order valence-electron chi connectivity index (χ0n) is 15.8. The monoisotopic (exact) mass is 381 g/mol. The van der Waals surface area contributed by atoms with Gasteiger partial charge in [0, 0.05) is 18.2 Å². The van der Waals surface area contributed by atoms with E-state index in [9.17, 15) is 8.42 Å². The van der Waals surface area contributed by atoms with Gasteiger partial charge >= 0.3 is 0 Å². The summed E-state index contributed by atoms with van der Waals surface area (Å²) in [6.45, 7) is 5.15. The van der Waals surface area contributed by atoms with Crippen LogP contribution in [0.1, 0.15) is 35.6 Å². The molecule has 0 bridgehead atoms. The minimum Gasteiger partial charge on any atom is -0.349 e. The van der Waals surface area contributed by atoms with Gasteiger partial charge in [0.15, 0.2) is 9.84 Å². The number of anilines is 1. The third kappa shape index (κ3) is 3.30. The van der Waals surface area contributed by atoms with E-state index in [1.807, 2.05) is 0 Å². The molecule has 6 heteroatoms. The first-order valence-electron chi connectivity index (χ1n) is 9.13. The van der Waals surface area contributed by atoms with Crippen molar-refractivity contribution in [2.45, 2.75) is 37.6 Å². The van der Waals surface area contributed by atoms with E-state index >= 15 is 0 Å². The van der Waals surface area contributed by atoms with Crippen molar-refractivity contribution in [1.29, 1.82) is 0 Å². The van der Waals surface area contributed by atoms with Crippen LogP contribution in [0.15, 0.2) is 47.6 Å². The predicted octanol–water partition coefficient (Wildman–Crippen LogP) is 3.99. The Bertz CT molecular complexity index is 1130. The van der Waals surface area contributed by atoms with Crippen molar-refractivity contribution < 1.29 is 8.42 Å². The predicted molar refractivity (Wildman–Crippen MR) is 108 cm³/mol. The molecule has 2 aromatic carbocycles. The normalized spacial score (nSPS) is 17.6. The smallest absolute Gasteiger partial charge is 0.175 e. The number of aryl methyl sites for hydroxylation is 2. The minimum atomic E-state index is -3.28. The zero-order valence-corrected chi connectivity index (χ0v) is 16.6. The van der Waals surface area contributed by atoms with E-state index in [2.05, 4.69) is 46.9 Å². The van der Waals surface area contributed by atoms with Gasteiger partial charge in [-0.3, -0.25) is 0 Å². The Morgan fingerprint density at radius 3 is 2.59 bits per heavy atom. The first-order valence-corrected chi connectivity index (χ1v) is 11.0. The number of hydrogen-bond acceptors (Lipinski definition) is 5. The van der Waals surface area contributed by atoms with Gasteiger partial charge in [0.25, 0.3) is 0 Å². The van der Waals surface area contributed by atoms with Gasteiger partial charge in [-0.15, -0.1) is 0 Å². The molecule has 3 aromatic rings. The van der Waals surface area contributed by atoms with Gasteiger partial charge in [-0.2, -0.15) is 0 Å². The van der Waals surface area contributed by atoms with Crippen molar-refractivity contribution in [3.8, 4) is 0 Å². The summed E-state index contributed by atoms with van der Waals surface area (Å²) in [5.74, 6) is 0.811. The van der Waals surface area contributed by atoms with Gasteiger partial charge in [0.05, 0.1) is 16.5 Å². The molecule has 1 aliphatic heterocycles. The second-order valence-corrected chi connectivity index (χ2v) is 9.36. The summed E-state index contributed by atoms with van der Waals surface area (Å²) in [6.07, 6.45) is 4.92. The highest BCUT2D eigenvalue weighted by Gasteiger charge is 2.29. The Labute approximate surface area is 160 Å². The van der Waals surface area contributed by atoms with E-state index in [4.69, 9.17) is 0 Å². The topological polar surface area (TPSA) is 63.2 Å². The maximum atomic E-state index is 12.0. The molecule has 1 aromatic heterocycles. The lowest BCUT2D eigenvalue weighted by Gasteiger charge is -2.27. The van der Waals surface area contributed by atoms with Crippen LogP contribution >= 0.6 is 0 Å². The summed E-state index contributed by atoms with van der Waals surface area (Å²) < 4.78 is 24.0. The Morgan fingerprint density at radius 1 is 1.04 bits per heavy atom. The Kier molecular flexibility index (Phi) is 4.38. The van der Waals surface area contributed by atoms with Crippen LogP contribution in [-0.4, -0.2) is 31.2 Å². The molecule has 5 nitrogen and oxygen atoms in total. The molecule has 0 aliphatic carbocycles. The third-order valence-corrected chi connectivity index (χ3v) is 6.56. The second-order valence-electron chi connectivity index (χ2n) is 7.34. The molecule has 2 heterocycles. The largest absolute Gasteiger partial charge is 0.349 e. The van der Waals surface area contributed by atoms with Crippen molar-refractivity contribution in [3.05, 3.63) is 59.4 Å². The summed E-state index contributed by atoms with van der Waals surface area (Å²) in [6, 6.07) is 11.9. The van der Waals surface area contributed by atoms with E-state index in [0.717, 1.165) is 36.1 Å². The average Bonchev–Trinajstić information content (AvgIpc) is 3.12. The fraction of sp³-hybridized carbons (Fsp3) is 0.333. The van der Waals surface area contributed by atoms with E-state index in [0.29, 0.717) is 4.90 Å². The lowest BCUT2D eigenvalue weighted by molar-refractivity contribution is 0.602. The van der Waals surface area contributed by atoms with Gasteiger partial charge < -0.3 is 4.90 Å². The molecule has 1 unspecified atom stereocenters. The van der Waals surface area contributed by atoms with Crippen LogP contribution < -0.4 is 4.90 Å². The van der Waals surface area contributed by atoms with Crippen LogP contribution in [0.5, 0.6) is 0 Å². The van der Waals surface area contributed by atoms with Crippen molar-refractivity contribution in [3.63, 3.8) is 0 Å². The van der Waals surface area contributed by atoms with Crippen LogP contribution in [0.3, 0.4) is 0 Å². The van der Waals surface area contributed by atoms with Gasteiger partial charge in [0.1, 0.15) is 12.1 Å². The van der Waals surface area contributed by atoms with Gasteiger partial charge in [-0.25, -0.2) is 18.4 Å². The van der Waals surface area contributed by atoms with Crippen LogP contribution in [0, 0.1) is 13.8 Å². The molecule has 1 atom stereocenters. The van der Waals surface area contributed by atoms with Crippen molar-refractivity contribution >= 4 is 26.6 Å². The molecule has 1 fully saturated rings. The SMILES string of the molecule is Cc1ccc(C2CCCN2c2ncnc3ccc(S(C)(=O)=O)cc23)cc1C. The number of fused-ring (bicyclic) bond motifs is 1. The number of sulfone groups is 1. The Balaban J connectivity index is 1.83. The molecule has 0 saturated carbocycles. The lowest BCUT2D eigenvalue weighted by atomic mass is 9.99. The molecular formula is C21H23N3O2S. The standard InChI is InChI=1S/C21H23N3O2S/c1-14-6-7-16(11-15(14)2)20-5-4-10-24(20)21-18-12-17(27(3,25)26)8-9-19(18)22-13-23-21/h6-9,11-13,20H,4-5,10H2,1-3H3. The Morgan fingerprint density at radius 2 is 1.85 bits per heavy atom. The maximum absolute atomic E-state index is 12.0. The molecule has 27 heavy (non-hydrogen) atoms. The summed E-state index contributed by atoms with van der Waals surface area (Å²) in [7, 11) is -3.28. The summed E-state index contributed by atoms with van der Waals surface area (Å²) in [5, 5.41) is 0.788. The van der Waals surface area contributed by atoms with E-state index in [-0.39, 0.29) is 6.04 Å². The van der Waals surface area contributed by atoms with Gasteiger partial charge in [-0.1, -0.05) is 18.2 Å². The number of rotatable bonds is 3. The van der Waals surface area contributed by atoms with Crippen LogP contribution in [0.25, 0.3) is 10.9 Å².